The molecular formula is C6H11N9O2. The van der Waals surface area contributed by atoms with Crippen molar-refractivity contribution in [3.63, 3.8) is 0 Å². The van der Waals surface area contributed by atoms with E-state index in [-0.39, 0.29) is 32.8 Å². The van der Waals surface area contributed by atoms with Gasteiger partial charge in [0.05, 0.1) is 38.4 Å². The van der Waals surface area contributed by atoms with Gasteiger partial charge in [0, 0.05) is 14.7 Å². The van der Waals surface area contributed by atoms with Crippen molar-refractivity contribution in [2.45, 2.75) is 5.60 Å². The summed E-state index contributed by atoms with van der Waals surface area (Å²) in [7, 11) is 0. The predicted octanol–water partition coefficient (Wildman–Crippen LogP) is 1.66. The number of nitrogens with zero attached hydrogens (tertiary/aromatic N) is 9. The maximum atomic E-state index is 8.67. The number of rotatable bonds is 9. The van der Waals surface area contributed by atoms with Crippen LogP contribution in [-0.4, -0.2) is 43.6 Å². The van der Waals surface area contributed by atoms with E-state index >= 15 is 0 Å². The van der Waals surface area contributed by atoms with Gasteiger partial charge in [0.1, 0.15) is 0 Å². The minimum Gasteiger partial charge on any atom is -0.394 e. The molecule has 0 amide bonds. The zero-order valence-corrected chi connectivity index (χ0v) is 8.92. The highest BCUT2D eigenvalue weighted by Crippen LogP contribution is 2.14. The van der Waals surface area contributed by atoms with E-state index in [1.807, 2.05) is 0 Å². The minimum atomic E-state index is -1.21. The van der Waals surface area contributed by atoms with Crippen LogP contribution in [0.4, 0.5) is 0 Å². The first-order valence-electron chi connectivity index (χ1n) is 4.52. The second-order valence-electron chi connectivity index (χ2n) is 2.92. The molecule has 11 heteroatoms. The second-order valence-corrected chi connectivity index (χ2v) is 2.92. The molecule has 0 aliphatic carbocycles. The third kappa shape index (κ3) is 6.10. The van der Waals surface area contributed by atoms with Gasteiger partial charge in [-0.15, -0.1) is 0 Å². The van der Waals surface area contributed by atoms with Gasteiger partial charge in [-0.05, 0) is 16.6 Å². The van der Waals surface area contributed by atoms with Crippen molar-refractivity contribution < 1.29 is 9.84 Å². The van der Waals surface area contributed by atoms with Crippen molar-refractivity contribution in [3.8, 4) is 0 Å². The maximum absolute atomic E-state index is 8.67. The number of ether oxygens (including phenoxy) is 1. The van der Waals surface area contributed by atoms with Crippen LogP contribution >= 0.6 is 0 Å². The molecule has 0 saturated heterocycles. The standard InChI is InChI=1S/C6H11N9O2/c7-13-10-3-6(4-11-14-8,5-12-15-9)17-2-1-16/h16H,1-5H2. The van der Waals surface area contributed by atoms with Gasteiger partial charge in [-0.3, -0.25) is 0 Å². The summed E-state index contributed by atoms with van der Waals surface area (Å²) in [5.41, 5.74) is 23.5. The van der Waals surface area contributed by atoms with Crippen molar-refractivity contribution in [2.75, 3.05) is 32.8 Å². The fraction of sp³-hybridized carbons (Fsp3) is 1.00. The number of azide groups is 3. The quantitative estimate of drug-likeness (QED) is 0.367. The van der Waals surface area contributed by atoms with Crippen LogP contribution in [0.15, 0.2) is 15.3 Å². The molecule has 0 bridgehead atoms. The van der Waals surface area contributed by atoms with Crippen LogP contribution in [0.1, 0.15) is 0 Å². The Balaban J connectivity index is 4.92. The molecule has 0 unspecified atom stereocenters. The van der Waals surface area contributed by atoms with Gasteiger partial charge in [-0.1, -0.05) is 15.3 Å². The first-order valence-corrected chi connectivity index (χ1v) is 4.52. The summed E-state index contributed by atoms with van der Waals surface area (Å²) in [6.45, 7) is -0.808. The molecule has 17 heavy (non-hydrogen) atoms. The van der Waals surface area contributed by atoms with Crippen LogP contribution in [0, 0.1) is 0 Å². The van der Waals surface area contributed by atoms with Gasteiger partial charge in [0.15, 0.2) is 0 Å². The van der Waals surface area contributed by atoms with Crippen LogP contribution in [0.3, 0.4) is 0 Å². The average molecular weight is 241 g/mol. The molecule has 0 fully saturated rings. The summed E-state index contributed by atoms with van der Waals surface area (Å²) in [4.78, 5) is 7.67. The average Bonchev–Trinajstić information content (AvgIpc) is 2.37. The molecule has 1 N–H and O–H groups in total. The lowest BCUT2D eigenvalue weighted by Crippen LogP contribution is -2.43. The predicted molar refractivity (Wildman–Crippen MR) is 57.8 cm³/mol. The largest absolute Gasteiger partial charge is 0.394 e. The Morgan fingerprint density at radius 1 is 0.941 bits per heavy atom. The SMILES string of the molecule is [N-]=[N+]=NCC(CN=[N+]=[N-])(CN=[N+]=[N-])OCCO. The smallest absolute Gasteiger partial charge is 0.0852 e. The fourth-order valence-electron chi connectivity index (χ4n) is 1.03. The summed E-state index contributed by atoms with van der Waals surface area (Å²) in [6, 6.07) is 0. The van der Waals surface area contributed by atoms with Crippen LogP contribution < -0.4 is 0 Å². The Bertz CT molecular complexity index is 313. The van der Waals surface area contributed by atoms with E-state index in [0.717, 1.165) is 0 Å². The van der Waals surface area contributed by atoms with Crippen molar-refractivity contribution >= 4 is 0 Å². The molecule has 0 aromatic carbocycles. The van der Waals surface area contributed by atoms with E-state index in [4.69, 9.17) is 26.4 Å². The Kier molecular flexibility index (Phi) is 7.95. The van der Waals surface area contributed by atoms with Crippen LogP contribution in [0.25, 0.3) is 31.3 Å². The molecule has 0 rings (SSSR count). The molecule has 0 aliphatic rings. The Hall–Kier alpha value is -2.15. The first-order chi connectivity index (χ1) is 8.24. The summed E-state index contributed by atoms with van der Waals surface area (Å²) in [6.07, 6.45) is 0. The van der Waals surface area contributed by atoms with Crippen molar-refractivity contribution in [1.82, 2.24) is 0 Å². The lowest BCUT2D eigenvalue weighted by Gasteiger charge is -2.29. The van der Waals surface area contributed by atoms with Gasteiger partial charge < -0.3 is 9.84 Å². The molecule has 0 spiro atoms. The second kappa shape index (κ2) is 9.10. The summed E-state index contributed by atoms with van der Waals surface area (Å²) >= 11 is 0. The monoisotopic (exact) mass is 241 g/mol. The molecule has 0 atom stereocenters. The van der Waals surface area contributed by atoms with E-state index in [1.165, 1.54) is 0 Å². The highest BCUT2D eigenvalue weighted by Gasteiger charge is 2.29. The fourth-order valence-corrected chi connectivity index (χ4v) is 1.03. The highest BCUT2D eigenvalue weighted by molar-refractivity contribution is 4.89. The molecular weight excluding hydrogens is 230 g/mol. The zero-order valence-electron chi connectivity index (χ0n) is 8.92. The zero-order chi connectivity index (χ0) is 13.0. The Morgan fingerprint density at radius 2 is 1.35 bits per heavy atom. The Labute approximate surface area is 95.9 Å². The number of hydrogen-bond donors (Lipinski definition) is 1. The summed E-state index contributed by atoms with van der Waals surface area (Å²) in [5.74, 6) is 0. The van der Waals surface area contributed by atoms with E-state index in [2.05, 4.69) is 30.1 Å². The maximum Gasteiger partial charge on any atom is 0.0852 e. The van der Waals surface area contributed by atoms with Crippen molar-refractivity contribution in [1.29, 1.82) is 0 Å². The van der Waals surface area contributed by atoms with Gasteiger partial charge in [-0.25, -0.2) is 0 Å². The number of aliphatic hydroxyl groups is 1. The normalized spacial score (nSPS) is 12.5. The molecule has 0 radical (unpaired) electrons. The van der Waals surface area contributed by atoms with Gasteiger partial charge in [-0.2, -0.15) is 0 Å². The summed E-state index contributed by atoms with van der Waals surface area (Å²) < 4.78 is 5.24. The molecule has 0 aliphatic heterocycles. The van der Waals surface area contributed by atoms with E-state index in [9.17, 15) is 0 Å². The molecule has 0 saturated carbocycles. The third-order valence-electron chi connectivity index (χ3n) is 1.77. The summed E-state index contributed by atoms with van der Waals surface area (Å²) in [5, 5.41) is 18.6. The highest BCUT2D eigenvalue weighted by atomic mass is 16.5. The Morgan fingerprint density at radius 3 is 1.65 bits per heavy atom. The number of hydrogen-bond acceptors (Lipinski definition) is 5. The van der Waals surface area contributed by atoms with Crippen molar-refractivity contribution in [2.24, 2.45) is 15.3 Å². The third-order valence-corrected chi connectivity index (χ3v) is 1.77. The van der Waals surface area contributed by atoms with Crippen LogP contribution in [0.5, 0.6) is 0 Å². The van der Waals surface area contributed by atoms with Gasteiger partial charge in [0.2, 0.25) is 0 Å². The first kappa shape index (κ1) is 14.8. The van der Waals surface area contributed by atoms with E-state index in [1.54, 1.807) is 0 Å². The van der Waals surface area contributed by atoms with Gasteiger partial charge in [0.25, 0.3) is 0 Å². The molecule has 0 heterocycles. The minimum absolute atomic E-state index is 0.0527. The van der Waals surface area contributed by atoms with Gasteiger partial charge >= 0.3 is 0 Å². The number of aliphatic hydroxyl groups excluding tert-OH is 1. The van der Waals surface area contributed by atoms with E-state index < -0.39 is 5.60 Å². The van der Waals surface area contributed by atoms with E-state index in [0.29, 0.717) is 0 Å². The lowest BCUT2D eigenvalue weighted by atomic mass is 10.1. The van der Waals surface area contributed by atoms with Crippen LogP contribution in [-0.2, 0) is 4.74 Å². The molecule has 0 aromatic rings. The molecule has 0 aromatic heterocycles. The van der Waals surface area contributed by atoms with Crippen LogP contribution in [0.2, 0.25) is 0 Å². The molecule has 92 valence electrons. The van der Waals surface area contributed by atoms with Crippen molar-refractivity contribution in [3.05, 3.63) is 31.3 Å². The topological polar surface area (TPSA) is 176 Å². The molecule has 11 nitrogen and oxygen atoms in total. The lowest BCUT2D eigenvalue weighted by molar-refractivity contribution is -0.0390.